The Morgan fingerprint density at radius 3 is 2.65 bits per heavy atom. The van der Waals surface area contributed by atoms with Crippen LogP contribution in [-0.4, -0.2) is 9.55 Å². The van der Waals surface area contributed by atoms with Crippen molar-refractivity contribution in [1.29, 1.82) is 0 Å². The Morgan fingerprint density at radius 1 is 1.20 bits per heavy atom. The summed E-state index contributed by atoms with van der Waals surface area (Å²) in [5, 5.41) is 0.389. The van der Waals surface area contributed by atoms with Crippen LogP contribution in [0.15, 0.2) is 30.3 Å². The zero-order valence-electron chi connectivity index (χ0n) is 10.5. The quantitative estimate of drug-likeness (QED) is 0.740. The average molecular weight is 294 g/mol. The second-order valence-electron chi connectivity index (χ2n) is 4.49. The molecule has 2 aromatic carbocycles. The van der Waals surface area contributed by atoms with E-state index < -0.39 is 11.6 Å². The first-order chi connectivity index (χ1) is 9.49. The van der Waals surface area contributed by atoms with Crippen molar-refractivity contribution in [3.8, 4) is 5.69 Å². The molecule has 0 fully saturated rings. The highest BCUT2D eigenvalue weighted by molar-refractivity contribution is 6.32. The molecule has 0 spiro atoms. The Bertz CT molecular complexity index is 827. The first kappa shape index (κ1) is 12.9. The van der Waals surface area contributed by atoms with Crippen molar-refractivity contribution in [2.45, 2.75) is 6.92 Å². The van der Waals surface area contributed by atoms with Gasteiger partial charge in [-0.2, -0.15) is 0 Å². The van der Waals surface area contributed by atoms with Crippen molar-refractivity contribution in [2.24, 2.45) is 0 Å². The molecule has 0 aliphatic carbocycles. The van der Waals surface area contributed by atoms with E-state index in [0.29, 0.717) is 10.7 Å². The van der Waals surface area contributed by atoms with Gasteiger partial charge in [-0.15, -0.1) is 0 Å². The van der Waals surface area contributed by atoms with Gasteiger partial charge in [0.2, 0.25) is 5.95 Å². The summed E-state index contributed by atoms with van der Waals surface area (Å²) in [6.45, 7) is 1.88. The molecule has 0 bridgehead atoms. The molecule has 0 unspecified atom stereocenters. The number of aryl methyl sites for hydroxylation is 1. The zero-order chi connectivity index (χ0) is 14.4. The molecule has 6 heteroatoms. The maximum Gasteiger partial charge on any atom is 0.206 e. The molecule has 0 aliphatic heterocycles. The van der Waals surface area contributed by atoms with Crippen molar-refractivity contribution >= 4 is 28.6 Å². The van der Waals surface area contributed by atoms with E-state index in [1.165, 1.54) is 10.6 Å². The Labute approximate surface area is 118 Å². The molecule has 0 saturated carbocycles. The lowest BCUT2D eigenvalue weighted by Gasteiger charge is -2.10. The third kappa shape index (κ3) is 1.82. The SMILES string of the molecule is Cc1ccc(-n2c(N)nc3ccc(F)c(F)c32)c(Cl)c1. The molecule has 3 rings (SSSR count). The van der Waals surface area contributed by atoms with Gasteiger partial charge in [0.15, 0.2) is 11.6 Å². The summed E-state index contributed by atoms with van der Waals surface area (Å²) in [5.41, 5.74) is 7.48. The fourth-order valence-corrected chi connectivity index (χ4v) is 2.48. The van der Waals surface area contributed by atoms with E-state index in [1.807, 2.05) is 13.0 Å². The van der Waals surface area contributed by atoms with Crippen LogP contribution >= 0.6 is 11.6 Å². The highest BCUT2D eigenvalue weighted by Crippen LogP contribution is 2.30. The molecule has 0 radical (unpaired) electrons. The number of benzene rings is 2. The predicted molar refractivity (Wildman–Crippen MR) is 75.1 cm³/mol. The summed E-state index contributed by atoms with van der Waals surface area (Å²) in [6, 6.07) is 7.62. The van der Waals surface area contributed by atoms with Crippen LogP contribution < -0.4 is 5.73 Å². The van der Waals surface area contributed by atoms with Gasteiger partial charge in [0.25, 0.3) is 0 Å². The predicted octanol–water partition coefficient (Wildman–Crippen LogP) is 3.85. The van der Waals surface area contributed by atoms with E-state index in [2.05, 4.69) is 4.98 Å². The summed E-state index contributed by atoms with van der Waals surface area (Å²) in [6.07, 6.45) is 0. The van der Waals surface area contributed by atoms with Gasteiger partial charge in [-0.25, -0.2) is 13.8 Å². The van der Waals surface area contributed by atoms with Gasteiger partial charge in [0, 0.05) is 0 Å². The van der Waals surface area contributed by atoms with Crippen LogP contribution in [0.2, 0.25) is 5.02 Å². The Balaban J connectivity index is 2.41. The van der Waals surface area contributed by atoms with Crippen molar-refractivity contribution < 1.29 is 8.78 Å². The van der Waals surface area contributed by atoms with Crippen LogP contribution in [0.3, 0.4) is 0 Å². The Hall–Kier alpha value is -2.14. The van der Waals surface area contributed by atoms with E-state index in [4.69, 9.17) is 17.3 Å². The number of hydrogen-bond acceptors (Lipinski definition) is 2. The van der Waals surface area contributed by atoms with Crippen LogP contribution in [0.1, 0.15) is 5.56 Å². The largest absolute Gasteiger partial charge is 0.369 e. The minimum absolute atomic E-state index is 0.0201. The molecule has 0 amide bonds. The zero-order valence-corrected chi connectivity index (χ0v) is 11.2. The molecule has 3 nitrogen and oxygen atoms in total. The summed E-state index contributed by atoms with van der Waals surface area (Å²) >= 11 is 6.17. The number of hydrogen-bond donors (Lipinski definition) is 1. The summed E-state index contributed by atoms with van der Waals surface area (Å²) < 4.78 is 28.8. The number of fused-ring (bicyclic) bond motifs is 1. The van der Waals surface area contributed by atoms with Gasteiger partial charge in [-0.3, -0.25) is 4.57 Å². The molecule has 2 N–H and O–H groups in total. The molecule has 102 valence electrons. The fourth-order valence-electron chi connectivity index (χ4n) is 2.16. The van der Waals surface area contributed by atoms with Gasteiger partial charge in [0.05, 0.1) is 16.2 Å². The molecule has 0 atom stereocenters. The Kier molecular flexibility index (Phi) is 2.87. The van der Waals surface area contributed by atoms with E-state index >= 15 is 0 Å². The topological polar surface area (TPSA) is 43.8 Å². The molecule has 1 aromatic heterocycles. The standard InChI is InChI=1S/C14H10ClF2N3/c1-7-2-5-11(8(15)6-7)20-13-10(19-14(20)18)4-3-9(16)12(13)17/h2-6H,1H3,(H2,18,19). The normalized spacial score (nSPS) is 11.2. The number of halogens is 3. The van der Waals surface area contributed by atoms with Crippen LogP contribution in [0.25, 0.3) is 16.7 Å². The van der Waals surface area contributed by atoms with Gasteiger partial charge in [-0.1, -0.05) is 17.7 Å². The number of anilines is 1. The summed E-state index contributed by atoms with van der Waals surface area (Å²) in [7, 11) is 0. The summed E-state index contributed by atoms with van der Waals surface area (Å²) in [4.78, 5) is 4.03. The molecule has 0 saturated heterocycles. The summed E-state index contributed by atoms with van der Waals surface area (Å²) in [5.74, 6) is -1.90. The van der Waals surface area contributed by atoms with Crippen molar-refractivity contribution in [2.75, 3.05) is 5.73 Å². The highest BCUT2D eigenvalue weighted by atomic mass is 35.5. The number of rotatable bonds is 1. The number of nitrogens with two attached hydrogens (primary N) is 1. The second-order valence-corrected chi connectivity index (χ2v) is 4.90. The number of nitrogen functional groups attached to an aromatic ring is 1. The maximum atomic E-state index is 14.0. The molecule has 1 heterocycles. The smallest absolute Gasteiger partial charge is 0.206 e. The van der Waals surface area contributed by atoms with E-state index in [-0.39, 0.29) is 17.0 Å². The first-order valence-corrected chi connectivity index (χ1v) is 6.25. The minimum atomic E-state index is -0.997. The molecule has 3 aromatic rings. The van der Waals surface area contributed by atoms with Crippen molar-refractivity contribution in [1.82, 2.24) is 9.55 Å². The van der Waals surface area contributed by atoms with Gasteiger partial charge in [-0.05, 0) is 36.8 Å². The number of aromatic nitrogens is 2. The van der Waals surface area contributed by atoms with E-state index in [9.17, 15) is 8.78 Å². The van der Waals surface area contributed by atoms with E-state index in [0.717, 1.165) is 11.6 Å². The third-order valence-corrected chi connectivity index (χ3v) is 3.38. The molecule has 20 heavy (non-hydrogen) atoms. The monoisotopic (exact) mass is 293 g/mol. The van der Waals surface area contributed by atoms with Gasteiger partial charge < -0.3 is 5.73 Å². The first-order valence-electron chi connectivity index (χ1n) is 5.87. The lowest BCUT2D eigenvalue weighted by Crippen LogP contribution is -2.03. The van der Waals surface area contributed by atoms with Crippen LogP contribution in [0, 0.1) is 18.6 Å². The number of imidazole rings is 1. The van der Waals surface area contributed by atoms with Crippen molar-refractivity contribution in [3.63, 3.8) is 0 Å². The second kappa shape index (κ2) is 4.45. The van der Waals surface area contributed by atoms with Gasteiger partial charge in [0.1, 0.15) is 5.52 Å². The van der Waals surface area contributed by atoms with Crippen LogP contribution in [-0.2, 0) is 0 Å². The molecular weight excluding hydrogens is 284 g/mol. The molecular formula is C14H10ClF2N3. The average Bonchev–Trinajstić information content (AvgIpc) is 2.72. The maximum absolute atomic E-state index is 14.0. The lowest BCUT2D eigenvalue weighted by atomic mass is 10.2. The highest BCUT2D eigenvalue weighted by Gasteiger charge is 2.18. The lowest BCUT2D eigenvalue weighted by molar-refractivity contribution is 0.514. The third-order valence-electron chi connectivity index (χ3n) is 3.08. The van der Waals surface area contributed by atoms with Crippen LogP contribution in [0.5, 0.6) is 0 Å². The minimum Gasteiger partial charge on any atom is -0.369 e. The van der Waals surface area contributed by atoms with Crippen LogP contribution in [0.4, 0.5) is 14.7 Å². The molecule has 0 aliphatic rings. The number of nitrogens with zero attached hydrogens (tertiary/aromatic N) is 2. The van der Waals surface area contributed by atoms with Gasteiger partial charge >= 0.3 is 0 Å². The fraction of sp³-hybridized carbons (Fsp3) is 0.0714. The Morgan fingerprint density at radius 2 is 1.95 bits per heavy atom. The van der Waals surface area contributed by atoms with Crippen molar-refractivity contribution in [3.05, 3.63) is 52.6 Å². The van der Waals surface area contributed by atoms with E-state index in [1.54, 1.807) is 12.1 Å².